The molecule has 6 nitrogen and oxygen atoms in total. The van der Waals surface area contributed by atoms with Gasteiger partial charge in [0.25, 0.3) is 13.4 Å². The maximum absolute atomic E-state index is 2.95. The van der Waals surface area contributed by atoms with E-state index in [1.807, 2.05) is 0 Å². The Bertz CT molecular complexity index is 6840. The van der Waals surface area contributed by atoms with E-state index in [2.05, 4.69) is 429 Å². The average Bonchev–Trinajstić information content (AvgIpc) is 0.776. The van der Waals surface area contributed by atoms with Crippen molar-refractivity contribution in [2.75, 3.05) is 24.5 Å². The van der Waals surface area contributed by atoms with Crippen LogP contribution in [0.1, 0.15) is 32.1 Å². The number of nitrogens with zero attached hydrogens (tertiary/aromatic N) is 6. The second kappa shape index (κ2) is 27.1. The van der Waals surface area contributed by atoms with Crippen molar-refractivity contribution in [3.05, 3.63) is 400 Å². The summed E-state index contributed by atoms with van der Waals surface area (Å²) in [5.74, 6) is 1.55. The van der Waals surface area contributed by atoms with Crippen LogP contribution < -0.4 is 57.3 Å². The van der Waals surface area contributed by atoms with Gasteiger partial charge in [-0.2, -0.15) is 0 Å². The number of fused-ring (bicyclic) bond motifs is 11. The second-order valence-electron chi connectivity index (χ2n) is 33.7. The molecule has 0 amide bonds. The van der Waals surface area contributed by atoms with Gasteiger partial charge in [0.05, 0.1) is 33.8 Å². The maximum atomic E-state index is 2.95. The molecule has 26 rings (SSSR count). The lowest BCUT2D eigenvalue weighted by Crippen LogP contribution is -2.65. The fourth-order valence-electron chi connectivity index (χ4n) is 22.8. The topological polar surface area (TPSA) is 21.1 Å². The molecule has 4 fully saturated rings. The molecular weight excluding hydrogens is 1440 g/mol. The summed E-state index contributed by atoms with van der Waals surface area (Å²) in [7, 11) is 0. The van der Waals surface area contributed by atoms with Gasteiger partial charge in [-0.3, -0.25) is 0 Å². The molecule has 17 aromatic carbocycles. The van der Waals surface area contributed by atoms with Gasteiger partial charge in [0.15, 0.2) is 0 Å². The average molecular weight is 1520 g/mol. The first-order valence-electron chi connectivity index (χ1n) is 42.5. The molecule has 8 aliphatic rings. The monoisotopic (exact) mass is 1520 g/mol. The van der Waals surface area contributed by atoms with E-state index in [0.29, 0.717) is 12.1 Å². The van der Waals surface area contributed by atoms with Gasteiger partial charge >= 0.3 is 0 Å². The Morgan fingerprint density at radius 2 is 0.513 bits per heavy atom. The Morgan fingerprint density at radius 3 is 0.891 bits per heavy atom. The van der Waals surface area contributed by atoms with E-state index in [-0.39, 0.29) is 13.4 Å². The van der Waals surface area contributed by atoms with E-state index in [4.69, 9.17) is 0 Å². The smallest absolute Gasteiger partial charge is 0.252 e. The summed E-state index contributed by atoms with van der Waals surface area (Å²) in [6.07, 6.45) is 6.33. The van der Waals surface area contributed by atoms with Crippen LogP contribution in [0.2, 0.25) is 0 Å². The van der Waals surface area contributed by atoms with E-state index < -0.39 is 0 Å². The molecule has 560 valence electrons. The molecule has 18 aromatic rings. The van der Waals surface area contributed by atoms with Crippen LogP contribution in [0.15, 0.2) is 400 Å². The Kier molecular flexibility index (Phi) is 15.5. The highest BCUT2D eigenvalue weighted by molar-refractivity contribution is 7.03. The lowest BCUT2D eigenvalue weighted by atomic mass is 9.30. The number of hydrogen-bond donors (Lipinski definition) is 0. The molecule has 6 aliphatic heterocycles. The van der Waals surface area contributed by atoms with Gasteiger partial charge in [0, 0.05) is 113 Å². The van der Waals surface area contributed by atoms with Gasteiger partial charge in [0.2, 0.25) is 0 Å². The summed E-state index contributed by atoms with van der Waals surface area (Å²) in [6, 6.07) is 153. The molecule has 0 spiro atoms. The third kappa shape index (κ3) is 10.5. The summed E-state index contributed by atoms with van der Waals surface area (Å²) in [5, 5.41) is 2.42. The normalized spacial score (nSPS) is 16.8. The van der Waals surface area contributed by atoms with Crippen molar-refractivity contribution in [2.24, 2.45) is 11.8 Å². The van der Waals surface area contributed by atoms with Crippen molar-refractivity contribution in [1.82, 2.24) is 4.57 Å². The summed E-state index contributed by atoms with van der Waals surface area (Å²) in [6.45, 7) is -0.534. The molecule has 0 radical (unpaired) electrons. The molecule has 0 unspecified atom stereocenters. The first-order chi connectivity index (χ1) is 59.1. The van der Waals surface area contributed by atoms with E-state index in [1.165, 1.54) is 126 Å². The van der Waals surface area contributed by atoms with Crippen LogP contribution in [-0.4, -0.2) is 30.1 Å². The van der Waals surface area contributed by atoms with Gasteiger partial charge in [-0.15, -0.1) is 0 Å². The van der Waals surface area contributed by atoms with Gasteiger partial charge < -0.3 is 29.1 Å². The third-order valence-corrected chi connectivity index (χ3v) is 27.4. The number of hydrogen-bond acceptors (Lipinski definition) is 5. The Balaban J connectivity index is 0.843. The van der Waals surface area contributed by atoms with Crippen molar-refractivity contribution in [3.63, 3.8) is 0 Å². The number of rotatable bonds is 12. The summed E-state index contributed by atoms with van der Waals surface area (Å²) in [4.78, 5) is 13.9. The first kappa shape index (κ1) is 67.9. The number of benzene rings is 17. The zero-order valence-electron chi connectivity index (χ0n) is 65.8. The standard InChI is InChI=1S/C111H80B2N6/c1-8-33-74(34-9-1)85-49-30-50-86(75-35-10-2-11-36-75)109(85)117-99-59-28-24-55-93(99)112-95-70-96-102(71-101(95)115(80-45-20-7-21-46-80)103-66-83(67-104(117)107(103)112)114-81-62-72-61-73(64-81)65-82(114)63-72)119(111-89(78-41-16-5-17-42-78)53-32-54-90(111)79-43-18-6-19-44-79)106-69-84(116-97-57-26-22-47-91(97)92-48-23-27-58-98(92)116)68-105-108(106)113(96)94-56-25-29-60-100(94)118(105)110-87(76-37-12-3-13-38-76)51-31-52-88(110)77-39-14-4-15-40-77/h1-60,66-73,81-82H,61-65H2. The molecule has 2 aliphatic carbocycles. The van der Waals surface area contributed by atoms with Crippen LogP contribution in [0.4, 0.5) is 73.9 Å². The molecule has 0 atom stereocenters. The lowest BCUT2D eigenvalue weighted by molar-refractivity contribution is 0.0900. The van der Waals surface area contributed by atoms with Crippen molar-refractivity contribution in [1.29, 1.82) is 0 Å². The molecule has 2 saturated heterocycles. The van der Waals surface area contributed by atoms with Crippen molar-refractivity contribution >= 4 is 142 Å². The van der Waals surface area contributed by atoms with Crippen LogP contribution in [0.25, 0.3) is 94.3 Å². The van der Waals surface area contributed by atoms with Gasteiger partial charge in [-0.1, -0.05) is 334 Å². The maximum Gasteiger partial charge on any atom is 0.252 e. The summed E-state index contributed by atoms with van der Waals surface area (Å²) >= 11 is 0. The zero-order chi connectivity index (χ0) is 77.9. The highest BCUT2D eigenvalue weighted by Crippen LogP contribution is 2.59. The predicted octanol–water partition coefficient (Wildman–Crippen LogP) is 24.7. The predicted molar refractivity (Wildman–Crippen MR) is 502 cm³/mol. The first-order valence-corrected chi connectivity index (χ1v) is 42.5. The fraction of sp³-hybridized carbons (Fsp3) is 0.0811. The van der Waals surface area contributed by atoms with E-state index in [9.17, 15) is 0 Å². The Hall–Kier alpha value is -14.3. The molecule has 4 bridgehead atoms. The summed E-state index contributed by atoms with van der Waals surface area (Å²) < 4.78 is 2.56. The minimum atomic E-state index is -0.302. The molecule has 8 heteroatoms. The van der Waals surface area contributed by atoms with Crippen molar-refractivity contribution < 1.29 is 0 Å². The quantitative estimate of drug-likeness (QED) is 0.113. The molecule has 7 heterocycles. The van der Waals surface area contributed by atoms with Gasteiger partial charge in [-0.25, -0.2) is 0 Å². The van der Waals surface area contributed by atoms with Crippen LogP contribution >= 0.6 is 0 Å². The number of aromatic nitrogens is 1. The van der Waals surface area contributed by atoms with Crippen LogP contribution in [0.5, 0.6) is 0 Å². The highest BCUT2D eigenvalue weighted by atomic mass is 15.3. The summed E-state index contributed by atoms with van der Waals surface area (Å²) in [5.41, 5.74) is 39.9. The SMILES string of the molecule is c1ccc(-c2cccc(-c3ccccc3)c2N2c3ccccc3B3c4cc5c(cc4N(c4ccccc4)c4cc(N6C7CC8CC(C7)CC6C8)cc2c43)N(c2c(-c3ccccc3)cccc2-c2ccccc2)c2cc(-n3c4ccccc4c4ccccc43)cc3c2B5c2ccccc2N3c2c(-c3ccccc3)cccc2-c2ccccc2)cc1. The Labute approximate surface area is 695 Å². The van der Waals surface area contributed by atoms with E-state index in [1.54, 1.807) is 0 Å². The molecule has 119 heavy (non-hydrogen) atoms. The number of piperidine rings is 2. The van der Waals surface area contributed by atoms with Crippen LogP contribution in [0, 0.1) is 11.8 Å². The van der Waals surface area contributed by atoms with Gasteiger partial charge in [0.1, 0.15) is 0 Å². The zero-order valence-corrected chi connectivity index (χ0v) is 65.8. The number of para-hydroxylation sites is 8. The van der Waals surface area contributed by atoms with Crippen LogP contribution in [-0.2, 0) is 0 Å². The minimum Gasteiger partial charge on any atom is -0.365 e. The van der Waals surface area contributed by atoms with Crippen LogP contribution in [0.3, 0.4) is 0 Å². The largest absolute Gasteiger partial charge is 0.365 e. The number of anilines is 13. The third-order valence-electron chi connectivity index (χ3n) is 27.4. The fourth-order valence-corrected chi connectivity index (χ4v) is 22.8. The van der Waals surface area contributed by atoms with Gasteiger partial charge in [-0.05, 0) is 177 Å². The van der Waals surface area contributed by atoms with Crippen molar-refractivity contribution in [2.45, 2.75) is 44.2 Å². The highest BCUT2D eigenvalue weighted by Gasteiger charge is 2.52. The van der Waals surface area contributed by atoms with E-state index >= 15 is 0 Å². The Morgan fingerprint density at radius 1 is 0.210 bits per heavy atom. The molecule has 2 saturated carbocycles. The molecule has 0 N–H and O–H groups in total. The molecule has 1 aromatic heterocycles. The lowest BCUT2D eigenvalue weighted by Gasteiger charge is -2.58. The van der Waals surface area contributed by atoms with Crippen molar-refractivity contribution in [3.8, 4) is 72.4 Å². The minimum absolute atomic E-state index is 0.232. The second-order valence-corrected chi connectivity index (χ2v) is 33.7. The molecular formula is C111H80B2N6. The van der Waals surface area contributed by atoms with E-state index in [0.717, 1.165) is 119 Å².